The second-order valence-electron chi connectivity index (χ2n) is 10.1. The lowest BCUT2D eigenvalue weighted by Gasteiger charge is -2.27. The number of aldehydes is 1. The number of hydrogen-bond acceptors (Lipinski definition) is 7. The van der Waals surface area contributed by atoms with E-state index >= 15 is 0 Å². The maximum absolute atomic E-state index is 13.3. The molecule has 0 aliphatic carbocycles. The van der Waals surface area contributed by atoms with Crippen LogP contribution in [0.1, 0.15) is 45.1 Å². The zero-order valence-corrected chi connectivity index (χ0v) is 24.5. The van der Waals surface area contributed by atoms with Crippen molar-refractivity contribution in [2.24, 2.45) is 38.8 Å². The molecular weight excluding hydrogens is 560 g/mol. The van der Waals surface area contributed by atoms with Crippen LogP contribution in [0.4, 0.5) is 4.79 Å². The fraction of sp³-hybridized carbons (Fsp3) is 0.519. The lowest BCUT2D eigenvalue weighted by molar-refractivity contribution is -0.139. The van der Waals surface area contributed by atoms with Gasteiger partial charge in [-0.2, -0.15) is 0 Å². The van der Waals surface area contributed by atoms with Crippen molar-refractivity contribution in [3.8, 4) is 0 Å². The van der Waals surface area contributed by atoms with Gasteiger partial charge in [0.25, 0.3) is 0 Å². The molecule has 0 spiro atoms. The van der Waals surface area contributed by atoms with Crippen LogP contribution >= 0.6 is 0 Å². The molecule has 0 saturated carbocycles. The smallest absolute Gasteiger partial charge is 0.326 e. The van der Waals surface area contributed by atoms with Crippen LogP contribution in [-0.2, 0) is 25.6 Å². The van der Waals surface area contributed by atoms with Gasteiger partial charge in [0, 0.05) is 19.5 Å². The number of hydrogen-bond donors (Lipinski definition) is 9. The van der Waals surface area contributed by atoms with Gasteiger partial charge in [-0.1, -0.05) is 44.2 Å². The molecule has 1 rings (SSSR count). The molecule has 0 heterocycles. The first-order valence-corrected chi connectivity index (χ1v) is 13.8. The van der Waals surface area contributed by atoms with Crippen LogP contribution < -0.4 is 44.2 Å². The number of nitrogens with one attached hydrogen (secondary N) is 4. The van der Waals surface area contributed by atoms with Crippen LogP contribution in [0.15, 0.2) is 40.3 Å². The maximum atomic E-state index is 13.3. The standard InChI is InChI=1S/C27H44N10O6/c1-16(2)21(23(40)34-18(15-38)10-6-12-32-25(28)29)37-22(39)19(11-7-13-33-26(30)31)35-27(43)36-20(24(41)42)14-17-8-4-3-5-9-17/h3-5,8-9,15-16,18-21H,6-7,10-14H2,1-2H3,(H,34,40)(H,37,39)(H,41,42)(H4,28,29,32)(H4,30,31,33)(H2,35,36,43)/t18-,19+,20-,21+/m1/s1. The third kappa shape index (κ3) is 15.1. The van der Waals surface area contributed by atoms with Crippen molar-refractivity contribution in [2.75, 3.05) is 13.1 Å². The van der Waals surface area contributed by atoms with Crippen LogP contribution in [0.5, 0.6) is 0 Å². The first kappa shape index (κ1) is 36.1. The molecule has 1 aromatic carbocycles. The van der Waals surface area contributed by atoms with Gasteiger partial charge in [-0.15, -0.1) is 0 Å². The molecule has 16 heteroatoms. The fourth-order valence-electron chi connectivity index (χ4n) is 3.94. The van der Waals surface area contributed by atoms with Crippen molar-refractivity contribution in [1.29, 1.82) is 0 Å². The Morgan fingerprint density at radius 3 is 1.88 bits per heavy atom. The summed E-state index contributed by atoms with van der Waals surface area (Å²) in [6.45, 7) is 3.84. The number of aliphatic imine (C=N–C) groups is 2. The number of amides is 4. The Balaban J connectivity index is 2.97. The van der Waals surface area contributed by atoms with Crippen molar-refractivity contribution in [3.05, 3.63) is 35.9 Å². The van der Waals surface area contributed by atoms with E-state index in [0.29, 0.717) is 18.3 Å². The Labute approximate surface area is 250 Å². The molecule has 0 saturated heterocycles. The first-order valence-electron chi connectivity index (χ1n) is 13.8. The molecule has 0 radical (unpaired) electrons. The molecule has 0 unspecified atom stereocenters. The topological polar surface area (TPSA) is 282 Å². The Morgan fingerprint density at radius 1 is 0.814 bits per heavy atom. The number of benzene rings is 1. The van der Waals surface area contributed by atoms with Crippen LogP contribution in [-0.4, -0.2) is 84.4 Å². The Hall–Kier alpha value is -4.89. The number of carboxylic acids is 1. The zero-order valence-electron chi connectivity index (χ0n) is 24.5. The summed E-state index contributed by atoms with van der Waals surface area (Å²) in [6.07, 6.45) is 1.65. The van der Waals surface area contributed by atoms with E-state index in [0.717, 1.165) is 0 Å². The van der Waals surface area contributed by atoms with E-state index in [1.165, 1.54) is 0 Å². The molecule has 0 aliphatic rings. The highest BCUT2D eigenvalue weighted by Gasteiger charge is 2.30. The van der Waals surface area contributed by atoms with E-state index in [4.69, 9.17) is 22.9 Å². The molecule has 1 aromatic rings. The fourth-order valence-corrected chi connectivity index (χ4v) is 3.94. The van der Waals surface area contributed by atoms with Crippen LogP contribution in [0, 0.1) is 5.92 Å². The normalized spacial score (nSPS) is 13.4. The molecule has 13 N–H and O–H groups in total. The predicted molar refractivity (Wildman–Crippen MR) is 162 cm³/mol. The summed E-state index contributed by atoms with van der Waals surface area (Å²) >= 11 is 0. The highest BCUT2D eigenvalue weighted by molar-refractivity contribution is 5.93. The molecule has 238 valence electrons. The van der Waals surface area contributed by atoms with Gasteiger partial charge in [-0.05, 0) is 37.2 Å². The van der Waals surface area contributed by atoms with E-state index in [1.807, 2.05) is 0 Å². The molecule has 4 amide bonds. The minimum Gasteiger partial charge on any atom is -0.480 e. The number of rotatable bonds is 19. The van der Waals surface area contributed by atoms with Gasteiger partial charge >= 0.3 is 12.0 Å². The number of guanidine groups is 2. The van der Waals surface area contributed by atoms with E-state index in [2.05, 4.69) is 31.3 Å². The molecule has 0 bridgehead atoms. The van der Waals surface area contributed by atoms with E-state index in [1.54, 1.807) is 44.2 Å². The molecule has 0 fully saturated rings. The third-order valence-corrected chi connectivity index (χ3v) is 6.16. The highest BCUT2D eigenvalue weighted by Crippen LogP contribution is 2.08. The molecule has 43 heavy (non-hydrogen) atoms. The molecular formula is C27H44N10O6. The van der Waals surface area contributed by atoms with Crippen molar-refractivity contribution < 1.29 is 29.1 Å². The van der Waals surface area contributed by atoms with Crippen molar-refractivity contribution in [1.82, 2.24) is 21.3 Å². The summed E-state index contributed by atoms with van der Waals surface area (Å²) in [5.74, 6) is -3.17. The summed E-state index contributed by atoms with van der Waals surface area (Å²) in [7, 11) is 0. The number of nitrogens with two attached hydrogens (primary N) is 4. The number of carbonyl (C=O) groups excluding carboxylic acids is 4. The second kappa shape index (κ2) is 19.3. The Bertz CT molecular complexity index is 1120. The highest BCUT2D eigenvalue weighted by atomic mass is 16.4. The average molecular weight is 605 g/mol. The van der Waals surface area contributed by atoms with Gasteiger partial charge in [0.1, 0.15) is 24.4 Å². The van der Waals surface area contributed by atoms with Crippen molar-refractivity contribution in [2.45, 2.75) is 70.1 Å². The molecule has 0 aliphatic heterocycles. The SMILES string of the molecule is CC(C)[C@H](NC(=O)[C@H](CCCN=C(N)N)NC(=O)N[C@H](Cc1ccccc1)C(=O)O)C(=O)N[C@@H](C=O)CCCN=C(N)N. The van der Waals surface area contributed by atoms with E-state index in [-0.39, 0.29) is 50.7 Å². The van der Waals surface area contributed by atoms with Gasteiger partial charge in [0.2, 0.25) is 11.8 Å². The first-order chi connectivity index (χ1) is 20.3. The Morgan fingerprint density at radius 2 is 1.37 bits per heavy atom. The van der Waals surface area contributed by atoms with Crippen molar-refractivity contribution >= 4 is 42.0 Å². The number of carboxylic acid groups (broad SMARTS) is 1. The average Bonchev–Trinajstić information content (AvgIpc) is 2.94. The monoisotopic (exact) mass is 604 g/mol. The summed E-state index contributed by atoms with van der Waals surface area (Å²) < 4.78 is 0. The van der Waals surface area contributed by atoms with Crippen LogP contribution in [0.25, 0.3) is 0 Å². The van der Waals surface area contributed by atoms with Gasteiger partial charge in [0.05, 0.1) is 6.04 Å². The van der Waals surface area contributed by atoms with Gasteiger partial charge < -0.3 is 54.1 Å². The van der Waals surface area contributed by atoms with Gasteiger partial charge in [-0.3, -0.25) is 19.6 Å². The molecule has 0 aromatic heterocycles. The summed E-state index contributed by atoms with van der Waals surface area (Å²) in [5, 5.41) is 19.7. The minimum absolute atomic E-state index is 0.0183. The quantitative estimate of drug-likeness (QED) is 0.0372. The third-order valence-electron chi connectivity index (χ3n) is 6.16. The van der Waals surface area contributed by atoms with Gasteiger partial charge in [0.15, 0.2) is 11.9 Å². The lowest BCUT2D eigenvalue weighted by Crippen LogP contribution is -2.58. The minimum atomic E-state index is -1.27. The van der Waals surface area contributed by atoms with Crippen LogP contribution in [0.3, 0.4) is 0 Å². The van der Waals surface area contributed by atoms with E-state index in [9.17, 15) is 29.1 Å². The van der Waals surface area contributed by atoms with Crippen LogP contribution in [0.2, 0.25) is 0 Å². The number of nitrogens with zero attached hydrogens (tertiary/aromatic N) is 2. The maximum Gasteiger partial charge on any atom is 0.326 e. The summed E-state index contributed by atoms with van der Waals surface area (Å²) in [4.78, 5) is 70.3. The second-order valence-corrected chi connectivity index (χ2v) is 10.1. The number of urea groups is 1. The summed E-state index contributed by atoms with van der Waals surface area (Å²) in [6, 6.07) is 3.51. The molecule has 4 atom stereocenters. The zero-order chi connectivity index (χ0) is 32.4. The predicted octanol–water partition coefficient (Wildman–Crippen LogP) is -1.72. The Kier molecular flexibility index (Phi) is 16.2. The number of carbonyl (C=O) groups is 5. The summed E-state index contributed by atoms with van der Waals surface area (Å²) in [5.41, 5.74) is 22.0. The molecule has 16 nitrogen and oxygen atoms in total. The van der Waals surface area contributed by atoms with E-state index < -0.39 is 53.9 Å². The van der Waals surface area contributed by atoms with Gasteiger partial charge in [-0.25, -0.2) is 9.59 Å². The number of aliphatic carboxylic acids is 1. The van der Waals surface area contributed by atoms with Crippen molar-refractivity contribution in [3.63, 3.8) is 0 Å². The largest absolute Gasteiger partial charge is 0.480 e. The lowest BCUT2D eigenvalue weighted by atomic mass is 10.0.